The Labute approximate surface area is 357 Å². The molecule has 0 saturated carbocycles. The van der Waals surface area contributed by atoms with E-state index in [4.69, 9.17) is 37.9 Å². The predicted molar refractivity (Wildman–Crippen MR) is 236 cm³/mol. The standard InChI is InChI=1S/C47H96O11/c1-5-8-11-14-17-20-23-26-29-56-44(34-48)37-53-41-47(40-52-33-32-51-4,42-54-38-45(35-49)57-30-27-24-21-18-15-12-9-6-2)43-55-39-46(36-50)58-31-28-25-22-19-16-13-10-7-3/h44-46,48-50H,5-43H2,1-4H3/t44-,45?,46?,47?/m1/s1. The quantitative estimate of drug-likeness (QED) is 0.0507. The van der Waals surface area contributed by atoms with Crippen molar-refractivity contribution in [3.63, 3.8) is 0 Å². The molecule has 0 aromatic heterocycles. The number of ether oxygens (including phenoxy) is 8. The molecule has 2 unspecified atom stereocenters. The van der Waals surface area contributed by atoms with Gasteiger partial charge in [-0.1, -0.05) is 156 Å². The first kappa shape index (κ1) is 57.6. The average molecular weight is 837 g/mol. The fraction of sp³-hybridized carbons (Fsp3) is 1.00. The Morgan fingerprint density at radius 1 is 0.345 bits per heavy atom. The van der Waals surface area contributed by atoms with Gasteiger partial charge in [-0.3, -0.25) is 0 Å². The summed E-state index contributed by atoms with van der Waals surface area (Å²) in [6.45, 7) is 10.5. The first-order valence-corrected chi connectivity index (χ1v) is 24.0. The van der Waals surface area contributed by atoms with E-state index in [2.05, 4.69) is 20.8 Å². The van der Waals surface area contributed by atoms with Gasteiger partial charge in [0.25, 0.3) is 0 Å². The summed E-state index contributed by atoms with van der Waals surface area (Å²) in [5.74, 6) is 0. The van der Waals surface area contributed by atoms with Crippen molar-refractivity contribution in [2.45, 2.75) is 193 Å². The van der Waals surface area contributed by atoms with E-state index in [9.17, 15) is 15.3 Å². The van der Waals surface area contributed by atoms with Gasteiger partial charge in [-0.25, -0.2) is 0 Å². The number of aliphatic hydroxyl groups excluding tert-OH is 3. The Morgan fingerprint density at radius 3 is 0.897 bits per heavy atom. The molecule has 3 N–H and O–H groups in total. The van der Waals surface area contributed by atoms with Crippen molar-refractivity contribution in [2.24, 2.45) is 5.41 Å². The molecule has 3 atom stereocenters. The molecule has 0 aromatic rings. The van der Waals surface area contributed by atoms with Crippen LogP contribution in [-0.2, 0) is 37.9 Å². The molecule has 0 rings (SSSR count). The van der Waals surface area contributed by atoms with Gasteiger partial charge < -0.3 is 53.2 Å². The minimum atomic E-state index is -0.735. The van der Waals surface area contributed by atoms with Crippen molar-refractivity contribution < 1.29 is 53.2 Å². The fourth-order valence-electron chi connectivity index (χ4n) is 6.82. The molecule has 11 nitrogen and oxygen atoms in total. The van der Waals surface area contributed by atoms with E-state index >= 15 is 0 Å². The minimum absolute atomic E-state index is 0.135. The van der Waals surface area contributed by atoms with Crippen LogP contribution < -0.4 is 0 Å². The lowest BCUT2D eigenvalue weighted by Crippen LogP contribution is -2.44. The monoisotopic (exact) mass is 837 g/mol. The Kier molecular flexibility index (Phi) is 45.7. The molecule has 0 radical (unpaired) electrons. The number of methoxy groups -OCH3 is 1. The summed E-state index contributed by atoms with van der Waals surface area (Å²) in [5, 5.41) is 30.3. The van der Waals surface area contributed by atoms with Crippen molar-refractivity contribution >= 4 is 0 Å². The molecule has 0 aliphatic rings. The summed E-state index contributed by atoms with van der Waals surface area (Å²) in [7, 11) is 1.64. The molecule has 0 saturated heterocycles. The maximum atomic E-state index is 10.1. The van der Waals surface area contributed by atoms with Crippen LogP contribution in [-0.4, -0.2) is 140 Å². The van der Waals surface area contributed by atoms with E-state index in [1.807, 2.05) is 0 Å². The molecule has 0 spiro atoms. The first-order valence-electron chi connectivity index (χ1n) is 24.0. The van der Waals surface area contributed by atoms with Gasteiger partial charge in [0.2, 0.25) is 0 Å². The molecular formula is C47H96O11. The van der Waals surface area contributed by atoms with Crippen LogP contribution in [0, 0.1) is 5.41 Å². The lowest BCUT2D eigenvalue weighted by molar-refractivity contribution is -0.142. The molecule has 0 aromatic carbocycles. The minimum Gasteiger partial charge on any atom is -0.394 e. The molecule has 0 heterocycles. The highest BCUT2D eigenvalue weighted by atomic mass is 16.6. The second-order valence-electron chi connectivity index (χ2n) is 16.5. The number of unbranched alkanes of at least 4 members (excludes halogenated alkanes) is 21. The molecule has 0 bridgehead atoms. The molecule has 350 valence electrons. The summed E-state index contributed by atoms with van der Waals surface area (Å²) in [6.07, 6.45) is 27.9. The Bertz CT molecular complexity index is 689. The normalized spacial score (nSPS) is 14.5. The molecule has 0 amide bonds. The van der Waals surface area contributed by atoms with E-state index in [1.165, 1.54) is 116 Å². The van der Waals surface area contributed by atoms with Crippen molar-refractivity contribution in [3.05, 3.63) is 0 Å². The maximum Gasteiger partial charge on any atom is 0.104 e. The van der Waals surface area contributed by atoms with Crippen LogP contribution in [0.15, 0.2) is 0 Å². The summed E-state index contributed by atoms with van der Waals surface area (Å²) < 4.78 is 48.1. The van der Waals surface area contributed by atoms with Gasteiger partial charge in [0.05, 0.1) is 84.7 Å². The van der Waals surface area contributed by atoms with Gasteiger partial charge in [0.15, 0.2) is 0 Å². The van der Waals surface area contributed by atoms with Gasteiger partial charge in [-0.05, 0) is 19.3 Å². The van der Waals surface area contributed by atoms with Gasteiger partial charge >= 0.3 is 0 Å². The van der Waals surface area contributed by atoms with Crippen molar-refractivity contribution in [1.82, 2.24) is 0 Å². The highest BCUT2D eigenvalue weighted by Gasteiger charge is 2.34. The summed E-state index contributed by atoms with van der Waals surface area (Å²) >= 11 is 0. The van der Waals surface area contributed by atoms with E-state index < -0.39 is 23.7 Å². The Balaban J connectivity index is 5.29. The zero-order valence-electron chi connectivity index (χ0n) is 38.4. The van der Waals surface area contributed by atoms with E-state index in [0.717, 1.165) is 38.5 Å². The number of hydrogen-bond donors (Lipinski definition) is 3. The van der Waals surface area contributed by atoms with Crippen molar-refractivity contribution in [3.8, 4) is 0 Å². The van der Waals surface area contributed by atoms with Gasteiger partial charge in [0.1, 0.15) is 18.3 Å². The highest BCUT2D eigenvalue weighted by Crippen LogP contribution is 2.22. The first-order chi connectivity index (χ1) is 28.5. The lowest BCUT2D eigenvalue weighted by Gasteiger charge is -2.34. The second kappa shape index (κ2) is 46.1. The van der Waals surface area contributed by atoms with Gasteiger partial charge in [-0.2, -0.15) is 0 Å². The molecule has 11 heteroatoms. The summed E-state index contributed by atoms with van der Waals surface area (Å²) in [6, 6.07) is 0. The number of rotatable bonds is 50. The zero-order valence-corrected chi connectivity index (χ0v) is 38.4. The lowest BCUT2D eigenvalue weighted by atomic mass is 9.92. The van der Waals surface area contributed by atoms with E-state index in [-0.39, 0.29) is 66.1 Å². The van der Waals surface area contributed by atoms with Crippen LogP contribution in [0.1, 0.15) is 175 Å². The van der Waals surface area contributed by atoms with E-state index in [1.54, 1.807) is 7.11 Å². The Hall–Kier alpha value is -0.440. The average Bonchev–Trinajstić information content (AvgIpc) is 3.24. The molecule has 0 fully saturated rings. The van der Waals surface area contributed by atoms with Crippen LogP contribution in [0.25, 0.3) is 0 Å². The SMILES string of the molecule is CCCCCCCCCCOC(CO)COCC(COCCOC)(COCC(CO)OCCCCCCCCCC)COC[C@@H](CO)OCCCCCCCCCC. The van der Waals surface area contributed by atoms with Gasteiger partial charge in [-0.15, -0.1) is 0 Å². The third-order valence-electron chi connectivity index (χ3n) is 10.6. The van der Waals surface area contributed by atoms with Crippen LogP contribution in [0.5, 0.6) is 0 Å². The van der Waals surface area contributed by atoms with Gasteiger partial charge in [0, 0.05) is 26.9 Å². The molecule has 0 aliphatic heterocycles. The smallest absolute Gasteiger partial charge is 0.104 e. The summed E-state index contributed by atoms with van der Waals surface area (Å²) in [5.41, 5.74) is -0.735. The third-order valence-corrected chi connectivity index (χ3v) is 10.6. The van der Waals surface area contributed by atoms with E-state index in [0.29, 0.717) is 33.0 Å². The fourth-order valence-corrected chi connectivity index (χ4v) is 6.82. The largest absolute Gasteiger partial charge is 0.394 e. The van der Waals surface area contributed by atoms with Crippen molar-refractivity contribution in [2.75, 3.05) is 106 Å². The Morgan fingerprint density at radius 2 is 0.621 bits per heavy atom. The number of hydrogen-bond acceptors (Lipinski definition) is 11. The topological polar surface area (TPSA) is 135 Å². The van der Waals surface area contributed by atoms with Crippen LogP contribution in [0.4, 0.5) is 0 Å². The number of aliphatic hydroxyl groups is 3. The van der Waals surface area contributed by atoms with Crippen LogP contribution >= 0.6 is 0 Å². The molecule has 0 aliphatic carbocycles. The molecule has 58 heavy (non-hydrogen) atoms. The second-order valence-corrected chi connectivity index (χ2v) is 16.5. The predicted octanol–water partition coefficient (Wildman–Crippen LogP) is 9.24. The third kappa shape index (κ3) is 37.3. The zero-order chi connectivity index (χ0) is 42.5. The maximum absolute atomic E-state index is 10.1. The highest BCUT2D eigenvalue weighted by molar-refractivity contribution is 4.80. The van der Waals surface area contributed by atoms with Crippen LogP contribution in [0.2, 0.25) is 0 Å². The van der Waals surface area contributed by atoms with Crippen LogP contribution in [0.3, 0.4) is 0 Å². The summed E-state index contributed by atoms with van der Waals surface area (Å²) in [4.78, 5) is 0. The van der Waals surface area contributed by atoms with Crippen molar-refractivity contribution in [1.29, 1.82) is 0 Å². The molecular weight excluding hydrogens is 741 g/mol.